The molecule has 0 saturated carbocycles. The van der Waals surface area contributed by atoms with Gasteiger partial charge in [0.1, 0.15) is 6.23 Å². The summed E-state index contributed by atoms with van der Waals surface area (Å²) in [5.74, 6) is -0.879. The molecular weight excluding hydrogens is 292 g/mol. The smallest absolute Gasteiger partial charge is 0.478 e. The fraction of sp³-hybridized carbons (Fsp3) is 0.500. The number of carboxylic acid groups (broad SMARTS) is 1. The highest BCUT2D eigenvalue weighted by Gasteiger charge is 2.39. The van der Waals surface area contributed by atoms with Crippen molar-refractivity contribution in [2.45, 2.75) is 20.8 Å². The van der Waals surface area contributed by atoms with Crippen LogP contribution in [0.3, 0.4) is 0 Å². The summed E-state index contributed by atoms with van der Waals surface area (Å²) < 4.78 is 15.9. The first-order valence-corrected chi connectivity index (χ1v) is 8.79. The van der Waals surface area contributed by atoms with E-state index in [9.17, 15) is 4.79 Å². The molecule has 0 unspecified atom stereocenters. The van der Waals surface area contributed by atoms with Crippen LogP contribution < -0.4 is 0 Å². The Morgan fingerprint density at radius 1 is 1.00 bits per heavy atom. The van der Waals surface area contributed by atoms with E-state index in [1.807, 2.05) is 20.8 Å². The van der Waals surface area contributed by atoms with Crippen molar-refractivity contribution in [1.82, 2.24) is 0 Å². The van der Waals surface area contributed by atoms with Gasteiger partial charge < -0.3 is 23.5 Å². The zero-order chi connectivity index (χ0) is 16.1. The van der Waals surface area contributed by atoms with E-state index < -0.39 is 14.8 Å². The first-order valence-electron chi connectivity index (χ1n) is 6.86. The van der Waals surface area contributed by atoms with Crippen LogP contribution in [0.25, 0.3) is 0 Å². The number of carbonyl (C=O) groups is 1. The molecule has 1 rings (SSSR count). The Hall–Kier alpha value is -1.25. The number of benzene rings is 1. The second-order valence-electron chi connectivity index (χ2n) is 3.81. The van der Waals surface area contributed by atoms with E-state index in [4.69, 9.17) is 23.5 Å². The Morgan fingerprint density at radius 2 is 1.43 bits per heavy atom. The maximum Gasteiger partial charge on any atom is 0.527 e. The van der Waals surface area contributed by atoms with Gasteiger partial charge in [0.25, 0.3) is 0 Å². The zero-order valence-corrected chi connectivity index (χ0v) is 13.7. The average molecular weight is 316 g/mol. The van der Waals surface area contributed by atoms with Gasteiger partial charge in [-0.1, -0.05) is 18.2 Å². The lowest BCUT2D eigenvalue weighted by Crippen LogP contribution is -2.50. The molecule has 21 heavy (non-hydrogen) atoms. The molecule has 0 atom stereocenters. The van der Waals surface area contributed by atoms with Gasteiger partial charge in [0.15, 0.2) is 0 Å². The molecular formula is C14H24O6Si. The summed E-state index contributed by atoms with van der Waals surface area (Å²) in [5, 5.41) is 17.4. The summed E-state index contributed by atoms with van der Waals surface area (Å²) >= 11 is 0. The normalized spacial score (nSPS) is 10.7. The van der Waals surface area contributed by atoms with Crippen LogP contribution in [0.15, 0.2) is 30.3 Å². The largest absolute Gasteiger partial charge is 0.527 e. The third kappa shape index (κ3) is 7.93. The van der Waals surface area contributed by atoms with Gasteiger partial charge in [-0.15, -0.1) is 0 Å². The van der Waals surface area contributed by atoms with Crippen molar-refractivity contribution >= 4 is 14.8 Å². The topological polar surface area (TPSA) is 85.2 Å². The molecule has 6 nitrogen and oxygen atoms in total. The first-order chi connectivity index (χ1) is 10.0. The van der Waals surface area contributed by atoms with Crippen molar-refractivity contribution in [1.29, 1.82) is 0 Å². The van der Waals surface area contributed by atoms with E-state index in [1.165, 1.54) is 0 Å². The van der Waals surface area contributed by atoms with Crippen LogP contribution in [0, 0.1) is 0 Å². The van der Waals surface area contributed by atoms with Crippen molar-refractivity contribution in [3.8, 4) is 0 Å². The summed E-state index contributed by atoms with van der Waals surface area (Å²) in [7, 11) is -2.71. The lowest BCUT2D eigenvalue weighted by Gasteiger charge is -2.25. The van der Waals surface area contributed by atoms with Gasteiger partial charge in [-0.2, -0.15) is 0 Å². The van der Waals surface area contributed by atoms with Gasteiger partial charge in [0, 0.05) is 19.8 Å². The SMILES string of the molecule is CCO[Si](CO)(OCC)OCC.O=C(O)c1ccccc1. The molecule has 0 spiro atoms. The minimum atomic E-state index is -2.71. The second kappa shape index (κ2) is 11.4. The molecule has 0 saturated heterocycles. The predicted octanol–water partition coefficient (Wildman–Crippen LogP) is 1.95. The Labute approximate surface area is 126 Å². The third-order valence-corrected chi connectivity index (χ3v) is 4.88. The molecule has 0 heterocycles. The van der Waals surface area contributed by atoms with Gasteiger partial charge >= 0.3 is 14.8 Å². The van der Waals surface area contributed by atoms with Gasteiger partial charge in [0.05, 0.1) is 5.56 Å². The van der Waals surface area contributed by atoms with Gasteiger partial charge in [-0.05, 0) is 32.9 Å². The number of rotatable bonds is 8. The van der Waals surface area contributed by atoms with E-state index in [2.05, 4.69) is 0 Å². The molecule has 2 N–H and O–H groups in total. The lowest BCUT2D eigenvalue weighted by atomic mass is 10.2. The summed E-state index contributed by atoms with van der Waals surface area (Å²) in [6.45, 7) is 7.09. The molecule has 0 aliphatic rings. The maximum atomic E-state index is 10.2. The number of hydrogen-bond donors (Lipinski definition) is 2. The fourth-order valence-electron chi connectivity index (χ4n) is 1.50. The monoisotopic (exact) mass is 316 g/mol. The minimum absolute atomic E-state index is 0.150. The van der Waals surface area contributed by atoms with E-state index in [-0.39, 0.29) is 6.23 Å². The molecule has 0 aromatic heterocycles. The highest BCUT2D eigenvalue weighted by atomic mass is 28.4. The first kappa shape index (κ1) is 19.7. The van der Waals surface area contributed by atoms with Crippen LogP contribution in [0.2, 0.25) is 0 Å². The predicted molar refractivity (Wildman–Crippen MR) is 81.1 cm³/mol. The quantitative estimate of drug-likeness (QED) is 0.713. The molecule has 0 fully saturated rings. The highest BCUT2D eigenvalue weighted by molar-refractivity contribution is 6.60. The third-order valence-electron chi connectivity index (χ3n) is 2.31. The number of aliphatic hydroxyl groups is 1. The molecule has 1 aromatic carbocycles. The van der Waals surface area contributed by atoms with Gasteiger partial charge in [-0.25, -0.2) is 4.79 Å². The van der Waals surface area contributed by atoms with Crippen molar-refractivity contribution < 1.29 is 28.3 Å². The number of aliphatic hydroxyl groups excluding tert-OH is 1. The number of hydrogen-bond acceptors (Lipinski definition) is 5. The van der Waals surface area contributed by atoms with E-state index in [1.54, 1.807) is 30.3 Å². The van der Waals surface area contributed by atoms with Crippen LogP contribution in [-0.2, 0) is 13.3 Å². The van der Waals surface area contributed by atoms with Crippen LogP contribution in [0.5, 0.6) is 0 Å². The summed E-state index contributed by atoms with van der Waals surface area (Å²) in [4.78, 5) is 10.2. The molecule has 0 radical (unpaired) electrons. The van der Waals surface area contributed by atoms with Crippen molar-refractivity contribution in [3.05, 3.63) is 35.9 Å². The Kier molecular flexibility index (Phi) is 10.7. The molecule has 120 valence electrons. The molecule has 1 aromatic rings. The summed E-state index contributed by atoms with van der Waals surface area (Å²) in [5.41, 5.74) is 0.331. The van der Waals surface area contributed by atoms with Crippen molar-refractivity contribution in [2.75, 3.05) is 26.1 Å². The zero-order valence-electron chi connectivity index (χ0n) is 12.7. The molecule has 7 heteroatoms. The van der Waals surface area contributed by atoms with E-state index >= 15 is 0 Å². The van der Waals surface area contributed by atoms with Crippen LogP contribution >= 0.6 is 0 Å². The molecule has 0 bridgehead atoms. The molecule has 0 aliphatic carbocycles. The van der Waals surface area contributed by atoms with Crippen LogP contribution in [0.4, 0.5) is 0 Å². The fourth-order valence-corrected chi connectivity index (χ4v) is 3.35. The van der Waals surface area contributed by atoms with Gasteiger partial charge in [0.2, 0.25) is 0 Å². The van der Waals surface area contributed by atoms with E-state index in [0.717, 1.165) is 0 Å². The standard InChI is InChI=1S/C7H18O4Si.C7H6O2/c1-4-9-12(7-8,10-5-2)11-6-3;8-7(9)6-4-2-1-3-5-6/h8H,4-7H2,1-3H3;1-5H,(H,8,9). The van der Waals surface area contributed by atoms with Gasteiger partial charge in [-0.3, -0.25) is 0 Å². The second-order valence-corrected chi connectivity index (χ2v) is 6.36. The van der Waals surface area contributed by atoms with Crippen LogP contribution in [-0.4, -0.2) is 51.0 Å². The average Bonchev–Trinajstić information content (AvgIpc) is 2.49. The molecule has 0 amide bonds. The maximum absolute atomic E-state index is 10.2. The summed E-state index contributed by atoms with van der Waals surface area (Å²) in [6.07, 6.45) is -0.150. The summed E-state index contributed by atoms with van der Waals surface area (Å²) in [6, 6.07) is 8.30. The Balaban J connectivity index is 0.000000394. The number of carboxylic acids is 1. The van der Waals surface area contributed by atoms with Crippen molar-refractivity contribution in [3.63, 3.8) is 0 Å². The Morgan fingerprint density at radius 3 is 1.67 bits per heavy atom. The molecule has 0 aliphatic heterocycles. The number of aromatic carboxylic acids is 1. The Bertz CT molecular complexity index is 367. The van der Waals surface area contributed by atoms with E-state index in [0.29, 0.717) is 25.4 Å². The lowest BCUT2D eigenvalue weighted by molar-refractivity contribution is 0.0503. The van der Waals surface area contributed by atoms with Crippen LogP contribution in [0.1, 0.15) is 31.1 Å². The van der Waals surface area contributed by atoms with Crippen molar-refractivity contribution in [2.24, 2.45) is 0 Å². The minimum Gasteiger partial charge on any atom is -0.478 e. The highest BCUT2D eigenvalue weighted by Crippen LogP contribution is 2.08.